The highest BCUT2D eigenvalue weighted by molar-refractivity contribution is 9.10. The number of nitrogens with one attached hydrogen (secondary N) is 1. The van der Waals surface area contributed by atoms with Gasteiger partial charge in [0.05, 0.1) is 17.6 Å². The Bertz CT molecular complexity index is 529. The second-order valence-electron chi connectivity index (χ2n) is 3.24. The van der Waals surface area contributed by atoms with Crippen LogP contribution in [0.4, 0.5) is 5.82 Å². The van der Waals surface area contributed by atoms with E-state index in [-0.39, 0.29) is 5.91 Å². The number of carbonyl (C=O) groups is 1. The summed E-state index contributed by atoms with van der Waals surface area (Å²) in [6.07, 6.45) is 3.23. The second kappa shape index (κ2) is 5.24. The molecule has 0 aromatic carbocycles. The van der Waals surface area contributed by atoms with E-state index in [4.69, 9.17) is 5.73 Å². The van der Waals surface area contributed by atoms with Gasteiger partial charge in [-0.25, -0.2) is 4.98 Å². The van der Waals surface area contributed by atoms with Gasteiger partial charge in [0.2, 0.25) is 0 Å². The molecule has 0 fully saturated rings. The van der Waals surface area contributed by atoms with E-state index in [1.807, 2.05) is 0 Å². The van der Waals surface area contributed by atoms with E-state index in [9.17, 15) is 4.79 Å². The molecule has 0 atom stereocenters. The summed E-state index contributed by atoms with van der Waals surface area (Å²) in [6, 6.07) is 1.53. The number of hydrogen-bond donors (Lipinski definition) is 2. The molecule has 0 unspecified atom stereocenters. The number of nitrogens with zero attached hydrogens (tertiary/aromatic N) is 2. The Labute approximate surface area is 110 Å². The van der Waals surface area contributed by atoms with Gasteiger partial charge in [0, 0.05) is 21.7 Å². The molecule has 2 heterocycles. The van der Waals surface area contributed by atoms with E-state index < -0.39 is 0 Å². The van der Waals surface area contributed by atoms with Crippen LogP contribution in [0.15, 0.2) is 28.4 Å². The summed E-state index contributed by atoms with van der Waals surface area (Å²) in [7, 11) is 0. The second-order valence-corrected chi connectivity index (χ2v) is 5.06. The summed E-state index contributed by atoms with van der Waals surface area (Å²) < 4.78 is 0.619. The van der Waals surface area contributed by atoms with Crippen LogP contribution >= 0.6 is 27.3 Å². The lowest BCUT2D eigenvalue weighted by molar-refractivity contribution is 0.0950. The first kappa shape index (κ1) is 12.0. The number of aromatic nitrogens is 2. The van der Waals surface area contributed by atoms with Crippen molar-refractivity contribution in [3.8, 4) is 0 Å². The molecular formula is C10H9BrN4OS. The molecule has 0 saturated heterocycles. The topological polar surface area (TPSA) is 80.9 Å². The van der Waals surface area contributed by atoms with Crippen LogP contribution in [0, 0.1) is 0 Å². The van der Waals surface area contributed by atoms with Crippen LogP contribution in [0.5, 0.6) is 0 Å². The summed E-state index contributed by atoms with van der Waals surface area (Å²) in [4.78, 5) is 20.7. The predicted molar refractivity (Wildman–Crippen MR) is 69.6 cm³/mol. The van der Waals surface area contributed by atoms with Crippen molar-refractivity contribution in [3.63, 3.8) is 0 Å². The van der Waals surface area contributed by atoms with Crippen LogP contribution in [0.2, 0.25) is 0 Å². The van der Waals surface area contributed by atoms with E-state index in [2.05, 4.69) is 31.2 Å². The monoisotopic (exact) mass is 312 g/mol. The summed E-state index contributed by atoms with van der Waals surface area (Å²) >= 11 is 4.75. The van der Waals surface area contributed by atoms with Crippen molar-refractivity contribution in [2.75, 3.05) is 5.73 Å². The number of carbonyl (C=O) groups excluding carboxylic acids is 1. The molecule has 17 heavy (non-hydrogen) atoms. The number of nitrogen functional groups attached to an aromatic ring is 1. The lowest BCUT2D eigenvalue weighted by atomic mass is 10.2. The molecular weight excluding hydrogens is 304 g/mol. The Hall–Kier alpha value is -1.47. The van der Waals surface area contributed by atoms with Gasteiger partial charge in [0.15, 0.2) is 0 Å². The number of rotatable bonds is 3. The smallest absolute Gasteiger partial charge is 0.252 e. The lowest BCUT2D eigenvalue weighted by Gasteiger charge is -2.05. The molecule has 0 aliphatic carbocycles. The van der Waals surface area contributed by atoms with Gasteiger partial charge < -0.3 is 11.1 Å². The molecule has 3 N–H and O–H groups in total. The van der Waals surface area contributed by atoms with Gasteiger partial charge >= 0.3 is 0 Å². The fourth-order valence-corrected chi connectivity index (χ4v) is 2.15. The van der Waals surface area contributed by atoms with E-state index in [0.29, 0.717) is 22.4 Å². The Morgan fingerprint density at radius 2 is 2.35 bits per heavy atom. The molecule has 0 aliphatic heterocycles. The predicted octanol–water partition coefficient (Wildman–Crippen LogP) is 1.81. The molecule has 2 rings (SSSR count). The van der Waals surface area contributed by atoms with Crippen molar-refractivity contribution in [2.45, 2.75) is 6.54 Å². The highest BCUT2D eigenvalue weighted by Crippen LogP contribution is 2.17. The standard InChI is InChI=1S/C10H9BrN4OS/c11-8-4-14-9(12)1-7(8)10(16)15-3-6-2-13-5-17-6/h1-2,4-5H,3H2,(H2,12,14)(H,15,16). The quantitative estimate of drug-likeness (QED) is 0.905. The zero-order chi connectivity index (χ0) is 12.3. The molecule has 5 nitrogen and oxygen atoms in total. The van der Waals surface area contributed by atoms with E-state index >= 15 is 0 Å². The van der Waals surface area contributed by atoms with Gasteiger partial charge in [-0.1, -0.05) is 0 Å². The Morgan fingerprint density at radius 1 is 1.53 bits per heavy atom. The van der Waals surface area contributed by atoms with Crippen molar-refractivity contribution in [1.29, 1.82) is 0 Å². The van der Waals surface area contributed by atoms with Crippen molar-refractivity contribution >= 4 is 39.0 Å². The van der Waals surface area contributed by atoms with Crippen LogP contribution in [0.3, 0.4) is 0 Å². The summed E-state index contributed by atoms with van der Waals surface area (Å²) in [5.41, 5.74) is 7.73. The van der Waals surface area contributed by atoms with Crippen LogP contribution in [0.25, 0.3) is 0 Å². The first-order valence-electron chi connectivity index (χ1n) is 4.73. The third kappa shape index (κ3) is 3.01. The molecule has 0 aliphatic rings. The molecule has 0 saturated carbocycles. The third-order valence-corrected chi connectivity index (χ3v) is 3.44. The number of amides is 1. The van der Waals surface area contributed by atoms with Gasteiger partial charge in [0.25, 0.3) is 5.91 Å². The number of nitrogens with two attached hydrogens (primary N) is 1. The minimum absolute atomic E-state index is 0.195. The average Bonchev–Trinajstić information content (AvgIpc) is 2.82. The van der Waals surface area contributed by atoms with Gasteiger partial charge in [-0.2, -0.15) is 0 Å². The van der Waals surface area contributed by atoms with Crippen molar-refractivity contribution in [2.24, 2.45) is 0 Å². The summed E-state index contributed by atoms with van der Waals surface area (Å²) in [6.45, 7) is 0.457. The minimum atomic E-state index is -0.195. The van der Waals surface area contributed by atoms with Gasteiger partial charge in [-0.3, -0.25) is 9.78 Å². The molecule has 2 aromatic heterocycles. The Morgan fingerprint density at radius 3 is 3.06 bits per heavy atom. The highest BCUT2D eigenvalue weighted by Gasteiger charge is 2.10. The number of thiazole rings is 1. The Balaban J connectivity index is 2.07. The molecule has 0 spiro atoms. The maximum Gasteiger partial charge on any atom is 0.252 e. The zero-order valence-electron chi connectivity index (χ0n) is 8.68. The summed E-state index contributed by atoms with van der Waals surface area (Å²) in [5, 5.41) is 2.79. The normalized spacial score (nSPS) is 10.2. The average molecular weight is 313 g/mol. The SMILES string of the molecule is Nc1cc(C(=O)NCc2cncs2)c(Br)cn1. The van der Waals surface area contributed by atoms with Crippen LogP contribution in [-0.4, -0.2) is 15.9 Å². The zero-order valence-corrected chi connectivity index (χ0v) is 11.1. The fourth-order valence-electron chi connectivity index (χ4n) is 1.22. The van der Waals surface area contributed by atoms with Gasteiger partial charge in [-0.15, -0.1) is 11.3 Å². The van der Waals surface area contributed by atoms with E-state index in [1.54, 1.807) is 11.7 Å². The van der Waals surface area contributed by atoms with Gasteiger partial charge in [0.1, 0.15) is 5.82 Å². The summed E-state index contributed by atoms with van der Waals surface area (Å²) in [5.74, 6) is 0.121. The molecule has 1 amide bonds. The Kier molecular flexibility index (Phi) is 3.70. The largest absolute Gasteiger partial charge is 0.384 e. The number of halogens is 1. The van der Waals surface area contributed by atoms with Crippen LogP contribution in [-0.2, 0) is 6.54 Å². The van der Waals surface area contributed by atoms with Crippen molar-refractivity contribution in [1.82, 2.24) is 15.3 Å². The molecule has 0 radical (unpaired) electrons. The molecule has 2 aromatic rings. The number of anilines is 1. The highest BCUT2D eigenvalue weighted by atomic mass is 79.9. The first-order valence-corrected chi connectivity index (χ1v) is 6.40. The number of pyridine rings is 1. The number of hydrogen-bond acceptors (Lipinski definition) is 5. The first-order chi connectivity index (χ1) is 8.16. The molecule has 0 bridgehead atoms. The fraction of sp³-hybridized carbons (Fsp3) is 0.100. The lowest BCUT2D eigenvalue weighted by Crippen LogP contribution is -2.23. The van der Waals surface area contributed by atoms with Crippen LogP contribution < -0.4 is 11.1 Å². The maximum atomic E-state index is 11.9. The van der Waals surface area contributed by atoms with Crippen molar-refractivity contribution in [3.05, 3.63) is 38.9 Å². The van der Waals surface area contributed by atoms with E-state index in [1.165, 1.54) is 23.6 Å². The molecule has 88 valence electrons. The van der Waals surface area contributed by atoms with Gasteiger partial charge in [-0.05, 0) is 22.0 Å². The minimum Gasteiger partial charge on any atom is -0.384 e. The maximum absolute atomic E-state index is 11.9. The van der Waals surface area contributed by atoms with Crippen molar-refractivity contribution < 1.29 is 4.79 Å². The van der Waals surface area contributed by atoms with Crippen LogP contribution in [0.1, 0.15) is 15.2 Å². The van der Waals surface area contributed by atoms with E-state index in [0.717, 1.165) is 4.88 Å². The molecule has 7 heteroatoms. The third-order valence-electron chi connectivity index (χ3n) is 2.03.